The van der Waals surface area contributed by atoms with Crippen molar-refractivity contribution in [1.29, 1.82) is 0 Å². The van der Waals surface area contributed by atoms with Crippen molar-refractivity contribution in [3.05, 3.63) is 65.7 Å². The SMILES string of the molecule is CC(C)C(C(=O)Nc1cccc(CN2CCC(C(=O)O)CC2)c1)c1ccccc1. The number of nitrogens with zero attached hydrogens (tertiary/aromatic N) is 1. The minimum absolute atomic E-state index is 0.00521. The predicted octanol–water partition coefficient (Wildman–Crippen LogP) is 4.36. The summed E-state index contributed by atoms with van der Waals surface area (Å²) in [6.07, 6.45) is 1.39. The average Bonchev–Trinajstić information content (AvgIpc) is 2.69. The molecule has 2 aromatic rings. The summed E-state index contributed by atoms with van der Waals surface area (Å²) in [5.74, 6) is -0.910. The second-order valence-corrected chi connectivity index (χ2v) is 8.21. The fourth-order valence-electron chi connectivity index (χ4n) is 4.06. The Morgan fingerprint density at radius 3 is 2.38 bits per heavy atom. The van der Waals surface area contributed by atoms with Crippen LogP contribution in [0.15, 0.2) is 54.6 Å². The molecule has 3 rings (SSSR count). The Balaban J connectivity index is 1.63. The molecule has 5 nitrogen and oxygen atoms in total. The lowest BCUT2D eigenvalue weighted by atomic mass is 9.87. The summed E-state index contributed by atoms with van der Waals surface area (Å²) in [4.78, 5) is 26.4. The van der Waals surface area contributed by atoms with Gasteiger partial charge >= 0.3 is 5.97 Å². The van der Waals surface area contributed by atoms with Gasteiger partial charge in [0.15, 0.2) is 0 Å². The van der Waals surface area contributed by atoms with E-state index in [1.165, 1.54) is 0 Å². The maximum atomic E-state index is 13.0. The molecule has 1 aliphatic rings. The first-order valence-corrected chi connectivity index (χ1v) is 10.3. The number of hydrogen-bond acceptors (Lipinski definition) is 3. The number of benzene rings is 2. The zero-order valence-electron chi connectivity index (χ0n) is 17.2. The van der Waals surface area contributed by atoms with Crippen LogP contribution >= 0.6 is 0 Å². The molecule has 1 aliphatic heterocycles. The first kappa shape index (κ1) is 21.1. The van der Waals surface area contributed by atoms with Crippen LogP contribution in [0.4, 0.5) is 5.69 Å². The number of hydrogen-bond donors (Lipinski definition) is 2. The summed E-state index contributed by atoms with van der Waals surface area (Å²) in [5.41, 5.74) is 2.95. The maximum Gasteiger partial charge on any atom is 0.306 e. The van der Waals surface area contributed by atoms with Gasteiger partial charge in [0, 0.05) is 12.2 Å². The van der Waals surface area contributed by atoms with Crippen molar-refractivity contribution in [1.82, 2.24) is 4.90 Å². The summed E-state index contributed by atoms with van der Waals surface area (Å²) >= 11 is 0. The molecule has 0 aliphatic carbocycles. The van der Waals surface area contributed by atoms with E-state index in [-0.39, 0.29) is 23.7 Å². The van der Waals surface area contributed by atoms with Crippen LogP contribution in [0.2, 0.25) is 0 Å². The first-order chi connectivity index (χ1) is 13.9. The Labute approximate surface area is 172 Å². The second-order valence-electron chi connectivity index (χ2n) is 8.21. The monoisotopic (exact) mass is 394 g/mol. The third kappa shape index (κ3) is 5.67. The van der Waals surface area contributed by atoms with Gasteiger partial charge in [-0.1, -0.05) is 56.3 Å². The second kappa shape index (κ2) is 9.70. The molecule has 0 spiro atoms. The molecule has 1 heterocycles. The highest BCUT2D eigenvalue weighted by Gasteiger charge is 2.25. The zero-order chi connectivity index (χ0) is 20.8. The van der Waals surface area contributed by atoms with Crippen LogP contribution in [0, 0.1) is 11.8 Å². The molecule has 0 bridgehead atoms. The topological polar surface area (TPSA) is 69.6 Å². The lowest BCUT2D eigenvalue weighted by molar-refractivity contribution is -0.143. The summed E-state index contributed by atoms with van der Waals surface area (Å²) in [6, 6.07) is 17.8. The summed E-state index contributed by atoms with van der Waals surface area (Å²) in [6.45, 7) is 6.47. The molecule has 2 aromatic carbocycles. The van der Waals surface area contributed by atoms with Gasteiger partial charge in [-0.2, -0.15) is 0 Å². The number of carbonyl (C=O) groups is 2. The lowest BCUT2D eigenvalue weighted by Crippen LogP contribution is -2.35. The fraction of sp³-hybridized carbons (Fsp3) is 0.417. The van der Waals surface area contributed by atoms with E-state index in [2.05, 4.69) is 30.1 Å². The minimum Gasteiger partial charge on any atom is -0.481 e. The molecule has 2 N–H and O–H groups in total. The normalized spacial score (nSPS) is 16.5. The smallest absolute Gasteiger partial charge is 0.306 e. The molecule has 1 saturated heterocycles. The lowest BCUT2D eigenvalue weighted by Gasteiger charge is -2.30. The number of carboxylic acid groups (broad SMARTS) is 1. The molecule has 154 valence electrons. The standard InChI is InChI=1S/C24H30N2O3/c1-17(2)22(19-8-4-3-5-9-19)23(27)25-21-10-6-7-18(15-21)16-26-13-11-20(12-14-26)24(28)29/h3-10,15,17,20,22H,11-14,16H2,1-2H3,(H,25,27)(H,28,29). The molecular weight excluding hydrogens is 364 g/mol. The molecule has 0 aromatic heterocycles. The number of aliphatic carboxylic acids is 1. The van der Waals surface area contributed by atoms with Crippen LogP contribution in [0.25, 0.3) is 0 Å². The molecule has 0 radical (unpaired) electrons. The van der Waals surface area contributed by atoms with Crippen molar-refractivity contribution < 1.29 is 14.7 Å². The Hall–Kier alpha value is -2.66. The molecule has 1 atom stereocenters. The third-order valence-electron chi connectivity index (χ3n) is 5.65. The van der Waals surface area contributed by atoms with Crippen LogP contribution < -0.4 is 5.32 Å². The number of likely N-dealkylation sites (tertiary alicyclic amines) is 1. The zero-order valence-corrected chi connectivity index (χ0v) is 17.2. The highest BCUT2D eigenvalue weighted by Crippen LogP contribution is 2.26. The highest BCUT2D eigenvalue weighted by atomic mass is 16.4. The van der Waals surface area contributed by atoms with Gasteiger partial charge in [-0.05, 0) is 55.1 Å². The van der Waals surface area contributed by atoms with Gasteiger partial charge in [0.2, 0.25) is 5.91 Å². The van der Waals surface area contributed by atoms with Gasteiger partial charge in [0.05, 0.1) is 11.8 Å². The maximum absolute atomic E-state index is 13.0. The van der Waals surface area contributed by atoms with Crippen molar-refractivity contribution in [2.75, 3.05) is 18.4 Å². The Morgan fingerprint density at radius 1 is 1.07 bits per heavy atom. The molecule has 0 saturated carbocycles. The Morgan fingerprint density at radius 2 is 1.76 bits per heavy atom. The number of anilines is 1. The minimum atomic E-state index is -0.688. The number of carbonyl (C=O) groups excluding carboxylic acids is 1. The fourth-order valence-corrected chi connectivity index (χ4v) is 4.06. The number of piperidine rings is 1. The molecule has 5 heteroatoms. The number of rotatable bonds is 7. The number of nitrogens with one attached hydrogen (secondary N) is 1. The van der Waals surface area contributed by atoms with E-state index in [1.54, 1.807) is 0 Å². The van der Waals surface area contributed by atoms with Crippen molar-refractivity contribution in [2.24, 2.45) is 11.8 Å². The van der Waals surface area contributed by atoms with Crippen LogP contribution in [0.1, 0.15) is 43.7 Å². The van der Waals surface area contributed by atoms with Gasteiger partial charge in [-0.15, -0.1) is 0 Å². The highest BCUT2D eigenvalue weighted by molar-refractivity contribution is 5.96. The largest absolute Gasteiger partial charge is 0.481 e. The predicted molar refractivity (Wildman–Crippen MR) is 115 cm³/mol. The third-order valence-corrected chi connectivity index (χ3v) is 5.65. The number of carboxylic acids is 1. The molecule has 1 amide bonds. The van der Waals surface area contributed by atoms with E-state index in [1.807, 2.05) is 48.5 Å². The quantitative estimate of drug-likeness (QED) is 0.732. The summed E-state index contributed by atoms with van der Waals surface area (Å²) in [7, 11) is 0. The summed E-state index contributed by atoms with van der Waals surface area (Å²) < 4.78 is 0. The van der Waals surface area contributed by atoms with Crippen LogP contribution in [0.5, 0.6) is 0 Å². The van der Waals surface area contributed by atoms with E-state index < -0.39 is 5.97 Å². The molecule has 29 heavy (non-hydrogen) atoms. The van der Waals surface area contributed by atoms with E-state index in [0.717, 1.165) is 36.4 Å². The van der Waals surface area contributed by atoms with Crippen molar-refractivity contribution in [2.45, 2.75) is 39.2 Å². The van der Waals surface area contributed by atoms with Crippen molar-refractivity contribution in [3.63, 3.8) is 0 Å². The van der Waals surface area contributed by atoms with Gasteiger partial charge in [-0.3, -0.25) is 14.5 Å². The van der Waals surface area contributed by atoms with Gasteiger partial charge in [0.25, 0.3) is 0 Å². The number of amides is 1. The van der Waals surface area contributed by atoms with Gasteiger partial charge in [0.1, 0.15) is 0 Å². The van der Waals surface area contributed by atoms with E-state index in [0.29, 0.717) is 12.8 Å². The van der Waals surface area contributed by atoms with Gasteiger partial charge < -0.3 is 10.4 Å². The summed E-state index contributed by atoms with van der Waals surface area (Å²) in [5, 5.41) is 12.2. The van der Waals surface area contributed by atoms with Crippen molar-refractivity contribution in [3.8, 4) is 0 Å². The first-order valence-electron chi connectivity index (χ1n) is 10.3. The van der Waals surface area contributed by atoms with E-state index in [9.17, 15) is 9.59 Å². The molecular formula is C24H30N2O3. The van der Waals surface area contributed by atoms with E-state index >= 15 is 0 Å². The Bertz CT molecular complexity index is 827. The van der Waals surface area contributed by atoms with Gasteiger partial charge in [-0.25, -0.2) is 0 Å². The molecule has 1 fully saturated rings. The van der Waals surface area contributed by atoms with E-state index in [4.69, 9.17) is 5.11 Å². The van der Waals surface area contributed by atoms with Crippen LogP contribution in [-0.2, 0) is 16.1 Å². The van der Waals surface area contributed by atoms with Crippen LogP contribution in [0.3, 0.4) is 0 Å². The van der Waals surface area contributed by atoms with Crippen LogP contribution in [-0.4, -0.2) is 35.0 Å². The molecule has 1 unspecified atom stereocenters. The average molecular weight is 395 g/mol. The Kier molecular flexibility index (Phi) is 7.04. The van der Waals surface area contributed by atoms with Crippen molar-refractivity contribution >= 4 is 17.6 Å².